The molecule has 0 saturated heterocycles. The minimum absolute atomic E-state index is 0.00147. The molecule has 21 heavy (non-hydrogen) atoms. The molecule has 0 fully saturated rings. The second-order valence-corrected chi connectivity index (χ2v) is 4.52. The van der Waals surface area contributed by atoms with Crippen molar-refractivity contribution in [3.05, 3.63) is 82.0 Å². The van der Waals surface area contributed by atoms with Gasteiger partial charge >= 0.3 is 0 Å². The number of non-ortho nitro benzene ring substituents is 1. The first-order chi connectivity index (χ1) is 10.1. The van der Waals surface area contributed by atoms with Gasteiger partial charge in [-0.05, 0) is 19.1 Å². The Bertz CT molecular complexity index is 708. The number of nitro benzene ring substituents is 1. The Morgan fingerprint density at radius 1 is 1.19 bits per heavy atom. The second-order valence-electron chi connectivity index (χ2n) is 4.52. The highest BCUT2D eigenvalue weighted by Gasteiger charge is 2.04. The van der Waals surface area contributed by atoms with Crippen molar-refractivity contribution in [1.29, 1.82) is 0 Å². The van der Waals surface area contributed by atoms with Crippen LogP contribution < -0.4 is 5.32 Å². The summed E-state index contributed by atoms with van der Waals surface area (Å²) in [5, 5.41) is 13.5. The molecule has 5 heteroatoms. The molecule has 1 N–H and O–H groups in total. The molecule has 0 amide bonds. The van der Waals surface area contributed by atoms with Crippen LogP contribution in [-0.2, 0) is 0 Å². The summed E-state index contributed by atoms with van der Waals surface area (Å²) in [6.45, 7) is 1.92. The molecule has 0 aromatic heterocycles. The summed E-state index contributed by atoms with van der Waals surface area (Å²) in [6, 6.07) is 13.4. The lowest BCUT2D eigenvalue weighted by Gasteiger charge is -2.00. The Labute approximate surface area is 122 Å². The summed E-state index contributed by atoms with van der Waals surface area (Å²) >= 11 is 0. The van der Waals surface area contributed by atoms with Gasteiger partial charge in [-0.1, -0.05) is 29.8 Å². The van der Waals surface area contributed by atoms with E-state index < -0.39 is 4.92 Å². The Balaban J connectivity index is 2.04. The lowest BCUT2D eigenvalue weighted by atomic mass is 10.1. The zero-order valence-electron chi connectivity index (χ0n) is 11.4. The van der Waals surface area contributed by atoms with E-state index in [4.69, 9.17) is 0 Å². The minimum Gasteiger partial charge on any atom is -0.361 e. The fourth-order valence-electron chi connectivity index (χ4n) is 1.82. The molecule has 0 saturated carbocycles. The Hall–Kier alpha value is -2.95. The molecule has 0 aliphatic carbocycles. The van der Waals surface area contributed by atoms with E-state index in [9.17, 15) is 14.9 Å². The number of allylic oxidation sites excluding steroid dienone is 1. The van der Waals surface area contributed by atoms with Gasteiger partial charge in [-0.25, -0.2) is 0 Å². The zero-order valence-corrected chi connectivity index (χ0v) is 11.4. The van der Waals surface area contributed by atoms with Gasteiger partial charge in [0.2, 0.25) is 0 Å². The molecule has 5 nitrogen and oxygen atoms in total. The fourth-order valence-corrected chi connectivity index (χ4v) is 1.82. The molecule has 2 aromatic rings. The summed E-state index contributed by atoms with van der Waals surface area (Å²) in [6.07, 6.45) is 2.87. The van der Waals surface area contributed by atoms with Gasteiger partial charge in [0.15, 0.2) is 5.78 Å². The van der Waals surface area contributed by atoms with Crippen LogP contribution in [0.1, 0.15) is 15.9 Å². The Morgan fingerprint density at radius 2 is 1.95 bits per heavy atom. The number of hydrogen-bond acceptors (Lipinski definition) is 4. The fraction of sp³-hybridized carbons (Fsp3) is 0.0625. The third kappa shape index (κ3) is 4.01. The number of ketones is 1. The van der Waals surface area contributed by atoms with E-state index in [0.29, 0.717) is 11.3 Å². The molecule has 2 aromatic carbocycles. The average molecular weight is 282 g/mol. The van der Waals surface area contributed by atoms with Crippen molar-refractivity contribution in [2.75, 3.05) is 5.32 Å². The van der Waals surface area contributed by atoms with Crippen molar-refractivity contribution in [2.24, 2.45) is 0 Å². The molecule has 0 aliphatic heterocycles. The van der Waals surface area contributed by atoms with Crippen LogP contribution in [-0.4, -0.2) is 10.7 Å². The van der Waals surface area contributed by atoms with Crippen molar-refractivity contribution in [2.45, 2.75) is 6.92 Å². The molecule has 0 atom stereocenters. The number of nitro groups is 1. The number of anilines is 1. The molecule has 0 bridgehead atoms. The molecule has 0 unspecified atom stereocenters. The lowest BCUT2D eigenvalue weighted by molar-refractivity contribution is -0.384. The summed E-state index contributed by atoms with van der Waals surface area (Å²) in [4.78, 5) is 22.1. The third-order valence-corrected chi connectivity index (χ3v) is 2.84. The van der Waals surface area contributed by atoms with Crippen LogP contribution in [0.15, 0.2) is 60.8 Å². The summed E-state index contributed by atoms with van der Waals surface area (Å²) in [5.74, 6) is -0.128. The Kier molecular flexibility index (Phi) is 4.46. The van der Waals surface area contributed by atoms with E-state index >= 15 is 0 Å². The molecule has 0 radical (unpaired) electrons. The largest absolute Gasteiger partial charge is 0.361 e. The maximum absolute atomic E-state index is 11.9. The molecule has 0 aliphatic rings. The van der Waals surface area contributed by atoms with E-state index in [1.165, 1.54) is 24.4 Å². The molecule has 2 rings (SSSR count). The highest BCUT2D eigenvalue weighted by atomic mass is 16.6. The molecule has 106 valence electrons. The van der Waals surface area contributed by atoms with Crippen LogP contribution in [0, 0.1) is 17.0 Å². The number of rotatable bonds is 5. The highest BCUT2D eigenvalue weighted by molar-refractivity contribution is 6.04. The highest BCUT2D eigenvalue weighted by Crippen LogP contribution is 2.16. The maximum atomic E-state index is 11.9. The van der Waals surface area contributed by atoms with Crippen LogP contribution in [0.2, 0.25) is 0 Å². The van der Waals surface area contributed by atoms with Gasteiger partial charge in [0, 0.05) is 35.7 Å². The van der Waals surface area contributed by atoms with Crippen LogP contribution in [0.3, 0.4) is 0 Å². The van der Waals surface area contributed by atoms with Gasteiger partial charge < -0.3 is 5.32 Å². The topological polar surface area (TPSA) is 72.2 Å². The SMILES string of the molecule is Cc1cccc(C(=O)/C=C\Nc2cccc([N+](=O)[O-])c2)c1. The first kappa shape index (κ1) is 14.5. The first-order valence-corrected chi connectivity index (χ1v) is 6.35. The van der Waals surface area contributed by atoms with Gasteiger partial charge in [0.1, 0.15) is 0 Å². The van der Waals surface area contributed by atoms with Gasteiger partial charge in [-0.15, -0.1) is 0 Å². The number of aryl methyl sites for hydroxylation is 1. The predicted molar refractivity (Wildman–Crippen MR) is 81.4 cm³/mol. The van der Waals surface area contributed by atoms with Crippen LogP contribution in [0.25, 0.3) is 0 Å². The van der Waals surface area contributed by atoms with Crippen LogP contribution in [0.5, 0.6) is 0 Å². The predicted octanol–water partition coefficient (Wildman–Crippen LogP) is 3.71. The van der Waals surface area contributed by atoms with Gasteiger partial charge in [-0.2, -0.15) is 0 Å². The lowest BCUT2D eigenvalue weighted by Crippen LogP contribution is -1.97. The minimum atomic E-state index is -0.465. The van der Waals surface area contributed by atoms with Gasteiger partial charge in [0.05, 0.1) is 4.92 Å². The monoisotopic (exact) mass is 282 g/mol. The normalized spacial score (nSPS) is 10.5. The summed E-state index contributed by atoms with van der Waals surface area (Å²) in [5.41, 5.74) is 2.17. The Morgan fingerprint density at radius 3 is 2.67 bits per heavy atom. The average Bonchev–Trinajstić information content (AvgIpc) is 2.47. The van der Waals surface area contributed by atoms with E-state index in [1.54, 1.807) is 24.3 Å². The van der Waals surface area contributed by atoms with Crippen molar-refractivity contribution in [1.82, 2.24) is 0 Å². The maximum Gasteiger partial charge on any atom is 0.271 e. The number of benzene rings is 2. The van der Waals surface area contributed by atoms with E-state index in [-0.39, 0.29) is 11.5 Å². The van der Waals surface area contributed by atoms with Crippen molar-refractivity contribution in [3.8, 4) is 0 Å². The number of carbonyl (C=O) groups is 1. The summed E-state index contributed by atoms with van der Waals surface area (Å²) in [7, 11) is 0. The van der Waals surface area contributed by atoms with Gasteiger partial charge in [0.25, 0.3) is 5.69 Å². The first-order valence-electron chi connectivity index (χ1n) is 6.35. The van der Waals surface area contributed by atoms with E-state index in [2.05, 4.69) is 5.32 Å². The van der Waals surface area contributed by atoms with Crippen molar-refractivity contribution >= 4 is 17.2 Å². The quantitative estimate of drug-likeness (QED) is 0.392. The molecule has 0 spiro atoms. The van der Waals surface area contributed by atoms with Crippen molar-refractivity contribution in [3.63, 3.8) is 0 Å². The molecular weight excluding hydrogens is 268 g/mol. The van der Waals surface area contributed by atoms with E-state index in [0.717, 1.165) is 5.56 Å². The molecular formula is C16H14N2O3. The number of carbonyl (C=O) groups excluding carboxylic acids is 1. The third-order valence-electron chi connectivity index (χ3n) is 2.84. The number of hydrogen-bond donors (Lipinski definition) is 1. The van der Waals surface area contributed by atoms with E-state index in [1.807, 2.05) is 19.1 Å². The second kappa shape index (κ2) is 6.47. The number of nitrogens with zero attached hydrogens (tertiary/aromatic N) is 1. The number of nitrogens with one attached hydrogen (secondary N) is 1. The van der Waals surface area contributed by atoms with Crippen molar-refractivity contribution < 1.29 is 9.72 Å². The summed E-state index contributed by atoms with van der Waals surface area (Å²) < 4.78 is 0. The smallest absolute Gasteiger partial charge is 0.271 e. The molecule has 0 heterocycles. The van der Waals surface area contributed by atoms with Gasteiger partial charge in [-0.3, -0.25) is 14.9 Å². The zero-order chi connectivity index (χ0) is 15.2. The van der Waals surface area contributed by atoms with Crippen LogP contribution >= 0.6 is 0 Å². The van der Waals surface area contributed by atoms with Crippen LogP contribution in [0.4, 0.5) is 11.4 Å². The standard InChI is InChI=1S/C16H14N2O3/c1-12-4-2-5-13(10-12)16(19)8-9-17-14-6-3-7-15(11-14)18(20)21/h2-11,17H,1H3/b9-8-.